The molecule has 0 aromatic carbocycles. The molecular formula is C16H34IN5O. The van der Waals surface area contributed by atoms with E-state index >= 15 is 0 Å². The molecule has 136 valence electrons. The number of nitrogens with two attached hydrogens (primary N) is 1. The molecule has 1 atom stereocenters. The fourth-order valence-electron chi connectivity index (χ4n) is 2.69. The van der Waals surface area contributed by atoms with Crippen molar-refractivity contribution in [3.05, 3.63) is 0 Å². The number of hydrogen-bond acceptors (Lipinski definition) is 3. The minimum Gasteiger partial charge on any atom is -0.370 e. The lowest BCUT2D eigenvalue weighted by atomic mass is 10.1. The molecule has 23 heavy (non-hydrogen) atoms. The summed E-state index contributed by atoms with van der Waals surface area (Å²) in [5, 5.41) is 3.14. The molecule has 1 unspecified atom stereocenters. The van der Waals surface area contributed by atoms with Gasteiger partial charge < -0.3 is 16.0 Å². The molecule has 1 fully saturated rings. The monoisotopic (exact) mass is 439 g/mol. The third kappa shape index (κ3) is 8.74. The molecule has 1 heterocycles. The summed E-state index contributed by atoms with van der Waals surface area (Å²) in [4.78, 5) is 20.4. The molecule has 6 nitrogen and oxygen atoms in total. The van der Waals surface area contributed by atoms with Gasteiger partial charge in [-0.05, 0) is 38.1 Å². The van der Waals surface area contributed by atoms with E-state index in [1.54, 1.807) is 4.90 Å². The molecule has 0 radical (unpaired) electrons. The topological polar surface area (TPSA) is 74.0 Å². The van der Waals surface area contributed by atoms with Gasteiger partial charge in [0.25, 0.3) is 0 Å². The number of hydrogen-bond donors (Lipinski definition) is 2. The molecule has 1 rings (SSSR count). The highest BCUT2D eigenvalue weighted by Crippen LogP contribution is 2.18. The van der Waals surface area contributed by atoms with Crippen molar-refractivity contribution in [1.29, 1.82) is 0 Å². The van der Waals surface area contributed by atoms with E-state index in [-0.39, 0.29) is 35.9 Å². The van der Waals surface area contributed by atoms with E-state index in [2.05, 4.69) is 29.1 Å². The van der Waals surface area contributed by atoms with Crippen LogP contribution in [-0.2, 0) is 4.79 Å². The second-order valence-electron chi connectivity index (χ2n) is 6.66. The normalized spacial score (nSPS) is 18.8. The van der Waals surface area contributed by atoms with E-state index in [0.29, 0.717) is 18.4 Å². The second kappa shape index (κ2) is 11.9. The van der Waals surface area contributed by atoms with Gasteiger partial charge in [0.15, 0.2) is 5.96 Å². The van der Waals surface area contributed by atoms with Gasteiger partial charge in [0, 0.05) is 33.7 Å². The van der Waals surface area contributed by atoms with Crippen molar-refractivity contribution in [1.82, 2.24) is 15.1 Å². The predicted molar refractivity (Wildman–Crippen MR) is 107 cm³/mol. The molecule has 0 aromatic rings. The molecule has 7 heteroatoms. The summed E-state index contributed by atoms with van der Waals surface area (Å²) in [7, 11) is 3.65. The van der Waals surface area contributed by atoms with Crippen molar-refractivity contribution in [2.45, 2.75) is 45.6 Å². The van der Waals surface area contributed by atoms with E-state index in [1.165, 1.54) is 0 Å². The number of guanidine groups is 1. The molecule has 1 amide bonds. The summed E-state index contributed by atoms with van der Waals surface area (Å²) in [5.41, 5.74) is 5.83. The van der Waals surface area contributed by atoms with Crippen LogP contribution in [0.25, 0.3) is 0 Å². The Morgan fingerprint density at radius 2 is 2.13 bits per heavy atom. The van der Waals surface area contributed by atoms with E-state index in [4.69, 9.17) is 5.73 Å². The van der Waals surface area contributed by atoms with Crippen LogP contribution >= 0.6 is 24.0 Å². The highest BCUT2D eigenvalue weighted by Gasteiger charge is 2.30. The second-order valence-corrected chi connectivity index (χ2v) is 6.66. The van der Waals surface area contributed by atoms with Gasteiger partial charge in [-0.15, -0.1) is 24.0 Å². The molecule has 1 aliphatic rings. The number of amides is 1. The van der Waals surface area contributed by atoms with Crippen LogP contribution in [0.2, 0.25) is 0 Å². The number of rotatable bonds is 8. The van der Waals surface area contributed by atoms with Crippen LogP contribution in [0.3, 0.4) is 0 Å². The highest BCUT2D eigenvalue weighted by atomic mass is 127. The number of likely N-dealkylation sites (tertiary alicyclic amines) is 1. The lowest BCUT2D eigenvalue weighted by Crippen LogP contribution is -2.43. The van der Waals surface area contributed by atoms with E-state index in [0.717, 1.165) is 45.3 Å². The zero-order chi connectivity index (χ0) is 16.5. The lowest BCUT2D eigenvalue weighted by molar-refractivity contribution is -0.133. The lowest BCUT2D eigenvalue weighted by Gasteiger charge is -2.25. The molecule has 0 spiro atoms. The van der Waals surface area contributed by atoms with Crippen LogP contribution in [0.5, 0.6) is 0 Å². The first-order chi connectivity index (χ1) is 10.4. The number of nitrogens with one attached hydrogen (secondary N) is 1. The minimum atomic E-state index is 0. The Labute approximate surface area is 158 Å². The van der Waals surface area contributed by atoms with E-state index in [9.17, 15) is 4.79 Å². The van der Waals surface area contributed by atoms with Crippen molar-refractivity contribution < 1.29 is 4.79 Å². The van der Waals surface area contributed by atoms with Crippen LogP contribution in [0.15, 0.2) is 4.99 Å². The SMILES string of the molecule is CC(C)CCNC(N)=NCCCN1CCCC1C(=O)N(C)C.I. The first-order valence-electron chi connectivity index (χ1n) is 8.40. The highest BCUT2D eigenvalue weighted by molar-refractivity contribution is 14.0. The summed E-state index contributed by atoms with van der Waals surface area (Å²) < 4.78 is 0. The third-order valence-corrected chi connectivity index (χ3v) is 4.00. The smallest absolute Gasteiger partial charge is 0.239 e. The van der Waals surface area contributed by atoms with Crippen LogP contribution < -0.4 is 11.1 Å². The largest absolute Gasteiger partial charge is 0.370 e. The first kappa shape index (κ1) is 22.4. The van der Waals surface area contributed by atoms with Gasteiger partial charge in [-0.1, -0.05) is 13.8 Å². The Bertz CT molecular complexity index is 373. The standard InChI is InChI=1S/C16H33N5O.HI/c1-13(2)8-10-19-16(17)18-9-6-12-21-11-5-7-14(21)15(22)20(3)4;/h13-14H,5-12H2,1-4H3,(H3,17,18,19);1H. The quantitative estimate of drug-likeness (QED) is 0.260. The Hall–Kier alpha value is -0.570. The van der Waals surface area contributed by atoms with Gasteiger partial charge in [-0.3, -0.25) is 14.7 Å². The predicted octanol–water partition coefficient (Wildman–Crippen LogP) is 1.50. The van der Waals surface area contributed by atoms with E-state index in [1.807, 2.05) is 14.1 Å². The average molecular weight is 439 g/mol. The van der Waals surface area contributed by atoms with Crippen molar-refractivity contribution in [3.8, 4) is 0 Å². The van der Waals surface area contributed by atoms with E-state index < -0.39 is 0 Å². The number of aliphatic imine (C=N–C) groups is 1. The molecule has 0 bridgehead atoms. The van der Waals surface area contributed by atoms with Gasteiger partial charge in [0.05, 0.1) is 6.04 Å². The molecule has 0 saturated carbocycles. The van der Waals surface area contributed by atoms with Crippen molar-refractivity contribution >= 4 is 35.8 Å². The molecule has 0 aliphatic carbocycles. The van der Waals surface area contributed by atoms with Crippen LogP contribution in [0.4, 0.5) is 0 Å². The third-order valence-electron chi connectivity index (χ3n) is 4.00. The Morgan fingerprint density at radius 3 is 2.74 bits per heavy atom. The van der Waals surface area contributed by atoms with Gasteiger partial charge in [0.1, 0.15) is 0 Å². The average Bonchev–Trinajstić information content (AvgIpc) is 2.90. The maximum atomic E-state index is 12.1. The van der Waals surface area contributed by atoms with Crippen LogP contribution in [0.1, 0.15) is 39.5 Å². The summed E-state index contributed by atoms with van der Waals surface area (Å²) in [5.74, 6) is 1.42. The maximum absolute atomic E-state index is 12.1. The number of halogens is 1. The van der Waals surface area contributed by atoms with Crippen LogP contribution in [0, 0.1) is 5.92 Å². The number of nitrogens with zero attached hydrogens (tertiary/aromatic N) is 3. The summed E-state index contributed by atoms with van der Waals surface area (Å²) in [6, 6.07) is 0.0560. The number of likely N-dealkylation sites (N-methyl/N-ethyl adjacent to an activating group) is 1. The minimum absolute atomic E-state index is 0. The van der Waals surface area contributed by atoms with Gasteiger partial charge in [0.2, 0.25) is 5.91 Å². The van der Waals surface area contributed by atoms with Crippen molar-refractivity contribution in [2.75, 3.05) is 40.3 Å². The van der Waals surface area contributed by atoms with Gasteiger partial charge in [-0.2, -0.15) is 0 Å². The summed E-state index contributed by atoms with van der Waals surface area (Å²) in [6.45, 7) is 7.88. The van der Waals surface area contributed by atoms with Gasteiger partial charge in [-0.25, -0.2) is 0 Å². The Kier molecular flexibility index (Phi) is 11.6. The fourth-order valence-corrected chi connectivity index (χ4v) is 2.69. The molecule has 1 saturated heterocycles. The summed E-state index contributed by atoms with van der Waals surface area (Å²) >= 11 is 0. The molecule has 0 aromatic heterocycles. The zero-order valence-corrected chi connectivity index (χ0v) is 17.4. The number of carbonyl (C=O) groups is 1. The molecular weight excluding hydrogens is 405 g/mol. The fraction of sp³-hybridized carbons (Fsp3) is 0.875. The van der Waals surface area contributed by atoms with Gasteiger partial charge >= 0.3 is 0 Å². The maximum Gasteiger partial charge on any atom is 0.239 e. The Balaban J connectivity index is 0.00000484. The summed E-state index contributed by atoms with van der Waals surface area (Å²) in [6.07, 6.45) is 4.10. The van der Waals surface area contributed by atoms with Crippen LogP contribution in [-0.4, -0.2) is 68.0 Å². The molecule has 1 aliphatic heterocycles. The van der Waals surface area contributed by atoms with Crippen molar-refractivity contribution in [2.24, 2.45) is 16.6 Å². The molecule has 3 N–H and O–H groups in total. The Morgan fingerprint density at radius 1 is 1.43 bits per heavy atom. The van der Waals surface area contributed by atoms with Crippen molar-refractivity contribution in [3.63, 3.8) is 0 Å². The first-order valence-corrected chi connectivity index (χ1v) is 8.40. The number of carbonyl (C=O) groups excluding carboxylic acids is 1. The zero-order valence-electron chi connectivity index (χ0n) is 15.0.